The van der Waals surface area contributed by atoms with Gasteiger partial charge in [0, 0.05) is 18.3 Å². The predicted octanol–water partition coefficient (Wildman–Crippen LogP) is 3.83. The Morgan fingerprint density at radius 3 is 2.45 bits per heavy atom. The Bertz CT molecular complexity index is 1040. The highest BCUT2D eigenvalue weighted by atomic mass is 16.6. The van der Waals surface area contributed by atoms with Gasteiger partial charge in [-0.1, -0.05) is 30.3 Å². The van der Waals surface area contributed by atoms with Crippen LogP contribution in [0.15, 0.2) is 48.7 Å². The molecule has 3 rings (SSSR count). The van der Waals surface area contributed by atoms with Crippen LogP contribution in [-0.2, 0) is 16.0 Å². The Labute approximate surface area is 169 Å². The number of carboxylic acids is 1. The number of rotatable bonds is 5. The number of hydrogen-bond donors (Lipinski definition) is 2. The zero-order valence-corrected chi connectivity index (χ0v) is 17.0. The van der Waals surface area contributed by atoms with Gasteiger partial charge in [0.15, 0.2) is 0 Å². The molecule has 0 fully saturated rings. The molecule has 29 heavy (non-hydrogen) atoms. The summed E-state index contributed by atoms with van der Waals surface area (Å²) >= 11 is 0. The van der Waals surface area contributed by atoms with E-state index in [4.69, 9.17) is 4.74 Å². The van der Waals surface area contributed by atoms with E-state index in [9.17, 15) is 14.7 Å². The summed E-state index contributed by atoms with van der Waals surface area (Å²) in [4.78, 5) is 28.4. The molecule has 0 aliphatic heterocycles. The molecular weight excluding hydrogens is 370 g/mol. The number of aryl methyl sites for hydroxylation is 1. The summed E-state index contributed by atoms with van der Waals surface area (Å²) < 4.78 is 7.08. The van der Waals surface area contributed by atoms with Crippen molar-refractivity contribution in [2.45, 2.75) is 45.8 Å². The number of fused-ring (bicyclic) bond motifs is 1. The van der Waals surface area contributed by atoms with Crippen molar-refractivity contribution in [3.05, 3.63) is 60.0 Å². The third-order valence-electron chi connectivity index (χ3n) is 4.41. The molecule has 0 spiro atoms. The minimum atomic E-state index is -1.14. The standard InChI is InChI=1S/C22H25N3O4/c1-14-18(12-17(20(26)27)24-21(28)29-22(2,3)4)25-13-16(10-11-19(25)23-14)15-8-6-5-7-9-15/h5-11,13,17H,12H2,1-4H3,(H,24,28)(H,26,27). The molecule has 7 heteroatoms. The molecule has 1 atom stereocenters. The molecule has 3 aromatic rings. The lowest BCUT2D eigenvalue weighted by Crippen LogP contribution is -2.45. The highest BCUT2D eigenvalue weighted by Gasteiger charge is 2.26. The fourth-order valence-electron chi connectivity index (χ4n) is 3.10. The lowest BCUT2D eigenvalue weighted by atomic mass is 10.1. The van der Waals surface area contributed by atoms with Gasteiger partial charge in [0.2, 0.25) is 0 Å². The van der Waals surface area contributed by atoms with Crippen LogP contribution in [0, 0.1) is 6.92 Å². The first kappa shape index (κ1) is 20.4. The Morgan fingerprint density at radius 2 is 1.83 bits per heavy atom. The van der Waals surface area contributed by atoms with E-state index in [-0.39, 0.29) is 6.42 Å². The summed E-state index contributed by atoms with van der Waals surface area (Å²) in [5.74, 6) is -1.13. The van der Waals surface area contributed by atoms with Gasteiger partial charge in [0.25, 0.3) is 0 Å². The smallest absolute Gasteiger partial charge is 0.408 e. The average molecular weight is 395 g/mol. The van der Waals surface area contributed by atoms with Gasteiger partial charge in [0.1, 0.15) is 17.3 Å². The molecule has 2 heterocycles. The van der Waals surface area contributed by atoms with Gasteiger partial charge in [-0.2, -0.15) is 0 Å². The highest BCUT2D eigenvalue weighted by Crippen LogP contribution is 2.22. The Balaban J connectivity index is 1.92. The summed E-state index contributed by atoms with van der Waals surface area (Å²) in [5.41, 5.74) is 3.49. The Kier molecular flexibility index (Phi) is 5.59. The van der Waals surface area contributed by atoms with Crippen molar-refractivity contribution < 1.29 is 19.4 Å². The molecular formula is C22H25N3O4. The summed E-state index contributed by atoms with van der Waals surface area (Å²) in [6.07, 6.45) is 1.26. The molecule has 0 bridgehead atoms. The van der Waals surface area contributed by atoms with Crippen molar-refractivity contribution in [2.75, 3.05) is 0 Å². The second-order valence-electron chi connectivity index (χ2n) is 7.90. The van der Waals surface area contributed by atoms with Gasteiger partial charge >= 0.3 is 12.1 Å². The molecule has 1 amide bonds. The van der Waals surface area contributed by atoms with Crippen molar-refractivity contribution in [2.24, 2.45) is 0 Å². The Morgan fingerprint density at radius 1 is 1.14 bits per heavy atom. The third kappa shape index (κ3) is 4.93. The van der Waals surface area contributed by atoms with Crippen LogP contribution in [0.2, 0.25) is 0 Å². The number of ether oxygens (including phenoxy) is 1. The number of aromatic nitrogens is 2. The molecule has 0 radical (unpaired) electrons. The lowest BCUT2D eigenvalue weighted by molar-refractivity contribution is -0.139. The predicted molar refractivity (Wildman–Crippen MR) is 110 cm³/mol. The molecule has 0 saturated carbocycles. The van der Waals surface area contributed by atoms with Crippen molar-refractivity contribution >= 4 is 17.7 Å². The van der Waals surface area contributed by atoms with Crippen LogP contribution in [0.5, 0.6) is 0 Å². The summed E-state index contributed by atoms with van der Waals surface area (Å²) in [6.45, 7) is 7.00. The minimum absolute atomic E-state index is 0.0832. The van der Waals surface area contributed by atoms with Gasteiger partial charge in [-0.3, -0.25) is 0 Å². The first-order chi connectivity index (χ1) is 13.6. The molecule has 2 N–H and O–H groups in total. The van der Waals surface area contributed by atoms with E-state index in [1.165, 1.54) is 0 Å². The van der Waals surface area contributed by atoms with E-state index in [0.717, 1.165) is 22.5 Å². The van der Waals surface area contributed by atoms with E-state index in [1.54, 1.807) is 20.8 Å². The summed E-state index contributed by atoms with van der Waals surface area (Å²) in [5, 5.41) is 12.1. The van der Waals surface area contributed by atoms with Crippen LogP contribution in [0.3, 0.4) is 0 Å². The molecule has 0 aliphatic carbocycles. The highest BCUT2D eigenvalue weighted by molar-refractivity contribution is 5.80. The zero-order chi connectivity index (χ0) is 21.2. The van der Waals surface area contributed by atoms with Crippen LogP contribution in [0.25, 0.3) is 16.8 Å². The second-order valence-corrected chi connectivity index (χ2v) is 7.90. The molecule has 152 valence electrons. The molecule has 7 nitrogen and oxygen atoms in total. The number of pyridine rings is 1. The number of nitrogens with one attached hydrogen (secondary N) is 1. The topological polar surface area (TPSA) is 92.9 Å². The summed E-state index contributed by atoms with van der Waals surface area (Å²) in [6, 6.07) is 12.6. The maximum absolute atomic E-state index is 12.1. The lowest BCUT2D eigenvalue weighted by Gasteiger charge is -2.22. The normalized spacial score (nSPS) is 12.6. The number of carboxylic acid groups (broad SMARTS) is 1. The van der Waals surface area contributed by atoms with E-state index >= 15 is 0 Å². The van der Waals surface area contributed by atoms with Crippen molar-refractivity contribution in [1.29, 1.82) is 0 Å². The van der Waals surface area contributed by atoms with Gasteiger partial charge in [-0.05, 0) is 51.0 Å². The number of benzene rings is 1. The van der Waals surface area contributed by atoms with Crippen LogP contribution in [0.4, 0.5) is 4.79 Å². The monoisotopic (exact) mass is 395 g/mol. The van der Waals surface area contributed by atoms with E-state index in [0.29, 0.717) is 5.69 Å². The maximum Gasteiger partial charge on any atom is 0.408 e. The first-order valence-corrected chi connectivity index (χ1v) is 9.39. The SMILES string of the molecule is Cc1nc2ccc(-c3ccccc3)cn2c1CC(NC(=O)OC(C)(C)C)C(=O)O. The number of hydrogen-bond acceptors (Lipinski definition) is 4. The number of nitrogens with zero attached hydrogens (tertiary/aromatic N) is 2. The van der Waals surface area contributed by atoms with E-state index < -0.39 is 23.7 Å². The van der Waals surface area contributed by atoms with Crippen LogP contribution in [0.1, 0.15) is 32.2 Å². The first-order valence-electron chi connectivity index (χ1n) is 9.39. The molecule has 0 saturated heterocycles. The number of amides is 1. The second kappa shape index (κ2) is 7.95. The third-order valence-corrected chi connectivity index (χ3v) is 4.41. The molecule has 0 aliphatic rings. The number of alkyl carbamates (subject to hydrolysis) is 1. The summed E-state index contributed by atoms with van der Waals surface area (Å²) in [7, 11) is 0. The number of imidazole rings is 1. The van der Waals surface area contributed by atoms with Gasteiger partial charge < -0.3 is 19.6 Å². The fourth-order valence-corrected chi connectivity index (χ4v) is 3.10. The van der Waals surface area contributed by atoms with Crippen molar-refractivity contribution in [3.63, 3.8) is 0 Å². The van der Waals surface area contributed by atoms with Crippen LogP contribution < -0.4 is 5.32 Å². The van der Waals surface area contributed by atoms with E-state index in [2.05, 4.69) is 10.3 Å². The largest absolute Gasteiger partial charge is 0.480 e. The fraction of sp³-hybridized carbons (Fsp3) is 0.318. The number of carbonyl (C=O) groups excluding carboxylic acids is 1. The minimum Gasteiger partial charge on any atom is -0.480 e. The maximum atomic E-state index is 12.1. The molecule has 1 unspecified atom stereocenters. The molecule has 2 aromatic heterocycles. The average Bonchev–Trinajstić information content (AvgIpc) is 2.95. The Hall–Kier alpha value is -3.35. The van der Waals surface area contributed by atoms with E-state index in [1.807, 2.05) is 60.0 Å². The molecule has 1 aromatic carbocycles. The zero-order valence-electron chi connectivity index (χ0n) is 17.0. The quantitative estimate of drug-likeness (QED) is 0.685. The van der Waals surface area contributed by atoms with Gasteiger partial charge in [-0.15, -0.1) is 0 Å². The van der Waals surface area contributed by atoms with Gasteiger partial charge in [0.05, 0.1) is 5.69 Å². The van der Waals surface area contributed by atoms with Crippen molar-refractivity contribution in [3.8, 4) is 11.1 Å². The number of carbonyl (C=O) groups is 2. The number of aliphatic carboxylic acids is 1. The van der Waals surface area contributed by atoms with Gasteiger partial charge in [-0.25, -0.2) is 14.6 Å². The van der Waals surface area contributed by atoms with Crippen molar-refractivity contribution in [1.82, 2.24) is 14.7 Å². The van der Waals surface area contributed by atoms with Crippen LogP contribution >= 0.6 is 0 Å². The van der Waals surface area contributed by atoms with Crippen LogP contribution in [-0.4, -0.2) is 38.2 Å².